The topological polar surface area (TPSA) is 306 Å². The van der Waals surface area contributed by atoms with Gasteiger partial charge in [0.2, 0.25) is 5.91 Å². The molecule has 0 aromatic carbocycles. The molecule has 25 nitrogen and oxygen atoms in total. The van der Waals surface area contributed by atoms with E-state index in [1.807, 2.05) is 0 Å². The molecular formula is C31H32F2N14O11P2S2. The number of imidazole rings is 2. The van der Waals surface area contributed by atoms with Gasteiger partial charge in [0.15, 0.2) is 53.2 Å². The minimum absolute atomic E-state index is 0.00649. The van der Waals surface area contributed by atoms with Gasteiger partial charge < -0.3 is 39.4 Å². The lowest BCUT2D eigenvalue weighted by atomic mass is 10.1. The average molecular weight is 941 g/mol. The summed E-state index contributed by atoms with van der Waals surface area (Å²) in [5.74, 6) is -1.30. The lowest BCUT2D eigenvalue weighted by molar-refractivity contribution is -0.137. The fraction of sp³-hybridized carbons (Fsp3) is 0.452. The fourth-order valence-corrected chi connectivity index (χ4v) is 9.98. The molecular weight excluding hydrogens is 909 g/mol. The van der Waals surface area contributed by atoms with Crippen molar-refractivity contribution < 1.29 is 60.5 Å². The van der Waals surface area contributed by atoms with Crippen molar-refractivity contribution >= 4 is 88.7 Å². The summed E-state index contributed by atoms with van der Waals surface area (Å²) >= 11 is 10.5. The molecule has 0 saturated carbocycles. The van der Waals surface area contributed by atoms with E-state index in [9.17, 15) is 24.2 Å². The van der Waals surface area contributed by atoms with Crippen molar-refractivity contribution in [3.63, 3.8) is 0 Å². The molecule has 4 aliphatic heterocycles. The molecule has 3 fully saturated rings. The predicted molar refractivity (Wildman–Crippen MR) is 210 cm³/mol. The van der Waals surface area contributed by atoms with Crippen LogP contribution < -0.4 is 11.1 Å². The number of amides is 3. The van der Waals surface area contributed by atoms with Gasteiger partial charge in [0.05, 0.1) is 38.6 Å². The first kappa shape index (κ1) is 42.5. The smallest absolute Gasteiger partial charge is 0.325 e. The van der Waals surface area contributed by atoms with Crippen molar-refractivity contribution in [1.29, 1.82) is 0 Å². The lowest BCUT2D eigenvalue weighted by Gasteiger charge is -2.29. The molecule has 0 bridgehead atoms. The number of halogens is 2. The van der Waals surface area contributed by atoms with Crippen molar-refractivity contribution in [2.75, 3.05) is 24.3 Å². The number of fused-ring (bicyclic) bond motifs is 4. The van der Waals surface area contributed by atoms with Gasteiger partial charge in [-0.2, -0.15) is 0 Å². The highest BCUT2D eigenvalue weighted by molar-refractivity contribution is 8.07. The standard InChI is InChI=1S/C31H32F2N14O11P2S2/c32-20-24-15(55-30(20)46-12-39-22-26(34)35-10-37-28(22)46)8-53-60(52,62)58-25-16(9-54-59(51,61)57-24)56-31(21(25)33)47-13-40-23-27(36-11-38-29(23)47)41-17(48)2-1-5-44-6-14(42-43-44)7-45-18(49)3-4-19(45)50/h3-4,6,10-13,15-16,20-21,24-25,30-31H,1-2,5,7-9H2,(H,51,61)(H,52,62)(H2,34,35,37)(H,36,38,41,48)/t15-,16-,20-,21-,24-,25-,30-,31-,59?,60?/m1/s1. The summed E-state index contributed by atoms with van der Waals surface area (Å²) in [7, 11) is 0. The quantitative estimate of drug-likeness (QED) is 0.115. The number of nitrogens with two attached hydrogens (primary N) is 1. The maximum Gasteiger partial charge on any atom is 0.325 e. The number of carbonyl (C=O) groups is 3. The summed E-state index contributed by atoms with van der Waals surface area (Å²) < 4.78 is 70.9. The molecule has 9 rings (SSSR count). The number of hydrogen-bond donors (Lipinski definition) is 4. The Balaban J connectivity index is 0.859. The number of nitrogen functional groups attached to an aromatic ring is 1. The van der Waals surface area contributed by atoms with Crippen LogP contribution in [0.4, 0.5) is 20.4 Å². The zero-order valence-electron chi connectivity index (χ0n) is 31.4. The Labute approximate surface area is 356 Å². The monoisotopic (exact) mass is 940 g/mol. The van der Waals surface area contributed by atoms with Crippen LogP contribution in [-0.4, -0.2) is 136 Å². The number of carbonyl (C=O) groups excluding carboxylic acids is 3. The summed E-state index contributed by atoms with van der Waals surface area (Å²) in [6.45, 7) is -9.80. The molecule has 2 unspecified atom stereocenters. The molecule has 62 heavy (non-hydrogen) atoms. The number of rotatable bonds is 9. The number of aromatic nitrogens is 11. The summed E-state index contributed by atoms with van der Waals surface area (Å²) in [6, 6.07) is 0. The second-order valence-corrected chi connectivity index (χ2v) is 19.6. The van der Waals surface area contributed by atoms with E-state index in [1.54, 1.807) is 6.20 Å². The molecule has 0 spiro atoms. The molecule has 328 valence electrons. The highest BCUT2D eigenvalue weighted by Crippen LogP contribution is 2.54. The maximum atomic E-state index is 16.5. The van der Waals surface area contributed by atoms with Crippen molar-refractivity contribution in [2.24, 2.45) is 0 Å². The van der Waals surface area contributed by atoms with E-state index in [-0.39, 0.29) is 53.5 Å². The number of aryl methyl sites for hydroxylation is 1. The third-order valence-electron chi connectivity index (χ3n) is 10.00. The summed E-state index contributed by atoms with van der Waals surface area (Å²) in [6.07, 6.45) is -4.36. The van der Waals surface area contributed by atoms with Crippen LogP contribution in [0.15, 0.2) is 43.7 Å². The van der Waals surface area contributed by atoms with Crippen LogP contribution in [-0.2, 0) is 78.7 Å². The van der Waals surface area contributed by atoms with E-state index in [0.29, 0.717) is 12.1 Å². The normalized spacial score (nSPS) is 31.6. The summed E-state index contributed by atoms with van der Waals surface area (Å²) in [4.78, 5) is 84.6. The highest BCUT2D eigenvalue weighted by atomic mass is 32.5. The molecule has 0 aliphatic carbocycles. The Kier molecular flexibility index (Phi) is 11.5. The first-order valence-corrected chi connectivity index (χ1v) is 23.6. The largest absolute Gasteiger partial charge is 0.382 e. The van der Waals surface area contributed by atoms with Gasteiger partial charge in [0, 0.05) is 25.1 Å². The number of nitrogens with zero attached hydrogens (tertiary/aromatic N) is 12. The molecule has 31 heteroatoms. The third kappa shape index (κ3) is 8.38. The Morgan fingerprint density at radius 3 is 2.03 bits per heavy atom. The van der Waals surface area contributed by atoms with Gasteiger partial charge >= 0.3 is 13.4 Å². The van der Waals surface area contributed by atoms with Crippen LogP contribution in [0.5, 0.6) is 0 Å². The van der Waals surface area contributed by atoms with Crippen LogP contribution in [0.3, 0.4) is 0 Å². The second kappa shape index (κ2) is 16.7. The van der Waals surface area contributed by atoms with Gasteiger partial charge in [0.25, 0.3) is 11.8 Å². The van der Waals surface area contributed by atoms with E-state index in [2.05, 4.69) is 45.5 Å². The van der Waals surface area contributed by atoms with Crippen LogP contribution in [0, 0.1) is 0 Å². The molecule has 10 atom stereocenters. The van der Waals surface area contributed by atoms with Gasteiger partial charge in [-0.25, -0.2) is 38.7 Å². The maximum absolute atomic E-state index is 16.5. The molecule has 0 radical (unpaired) electrons. The van der Waals surface area contributed by atoms with E-state index >= 15 is 8.78 Å². The third-order valence-corrected chi connectivity index (χ3v) is 13.1. The predicted octanol–water partition coefficient (Wildman–Crippen LogP) is 0.406. The SMILES string of the molecule is Nc1ncnc2c1ncn2[C@@H]1O[C@@H]2COP(O)(=S)O[C@H]3[C@@H](F)[C@H](n4cnc5c(NC(=O)CCCn6cc(CN7C(=O)C=CC7=O)nn6)ncnc54)O[C@@H]3COP(O)(=S)O[C@H]2[C@H]1F. The molecule has 9 heterocycles. The number of anilines is 2. The highest BCUT2D eigenvalue weighted by Gasteiger charge is 2.54. The fourth-order valence-electron chi connectivity index (χ4n) is 7.11. The first-order chi connectivity index (χ1) is 29.6. The minimum atomic E-state index is -4.36. The van der Waals surface area contributed by atoms with E-state index in [4.69, 9.17) is 56.9 Å². The molecule has 4 aliphatic rings. The number of imide groups is 1. The Morgan fingerprint density at radius 1 is 0.855 bits per heavy atom. The average Bonchev–Trinajstić information content (AvgIpc) is 4.09. The zero-order chi connectivity index (χ0) is 43.5. The van der Waals surface area contributed by atoms with Gasteiger partial charge in [-0.3, -0.25) is 42.1 Å². The zero-order valence-corrected chi connectivity index (χ0v) is 34.8. The minimum Gasteiger partial charge on any atom is -0.382 e. The van der Waals surface area contributed by atoms with Crippen molar-refractivity contribution in [1.82, 2.24) is 58.9 Å². The van der Waals surface area contributed by atoms with Gasteiger partial charge in [0.1, 0.15) is 48.3 Å². The molecule has 5 aromatic rings. The van der Waals surface area contributed by atoms with Crippen molar-refractivity contribution in [3.05, 3.63) is 49.4 Å². The van der Waals surface area contributed by atoms with Crippen molar-refractivity contribution in [3.8, 4) is 0 Å². The molecule has 3 amide bonds. The van der Waals surface area contributed by atoms with Crippen molar-refractivity contribution in [2.45, 2.75) is 75.1 Å². The number of ether oxygens (including phenoxy) is 2. The van der Waals surface area contributed by atoms with Gasteiger partial charge in [-0.15, -0.1) is 5.10 Å². The van der Waals surface area contributed by atoms with Gasteiger partial charge in [-0.1, -0.05) is 5.21 Å². The lowest BCUT2D eigenvalue weighted by Crippen LogP contribution is -2.37. The van der Waals surface area contributed by atoms with Crippen LogP contribution in [0.1, 0.15) is 31.0 Å². The van der Waals surface area contributed by atoms with Crippen LogP contribution in [0.25, 0.3) is 22.3 Å². The number of hydrogen-bond acceptors (Lipinski definition) is 20. The molecule has 5 N–H and O–H groups in total. The first-order valence-electron chi connectivity index (χ1n) is 18.4. The number of alkyl halides is 2. The summed E-state index contributed by atoms with van der Waals surface area (Å²) in [5, 5.41) is 10.6. The van der Waals surface area contributed by atoms with Gasteiger partial charge in [-0.05, 0) is 30.0 Å². The number of nitrogens with one attached hydrogen (secondary N) is 1. The van der Waals surface area contributed by atoms with E-state index in [0.717, 1.165) is 17.6 Å². The second-order valence-electron chi connectivity index (χ2n) is 14.0. The van der Waals surface area contributed by atoms with Crippen LogP contribution in [0.2, 0.25) is 0 Å². The Morgan fingerprint density at radius 2 is 1.42 bits per heavy atom. The van der Waals surface area contributed by atoms with E-state index < -0.39 is 93.6 Å². The van der Waals surface area contributed by atoms with Crippen LogP contribution >= 0.6 is 13.4 Å². The molecule has 5 aromatic heterocycles. The Bertz CT molecular complexity index is 2690. The van der Waals surface area contributed by atoms with E-state index in [1.165, 1.54) is 38.6 Å². The Hall–Kier alpha value is -4.77. The molecule has 3 saturated heterocycles. The summed E-state index contributed by atoms with van der Waals surface area (Å²) in [5.41, 5.74) is 6.67.